The standard InChI is InChI=1S/C9H11NO4S/c1-7(11)14-9-5-3-4-8(6-9)10-15(2,12)13/h3-6,10H,1-2H3. The molecule has 0 bridgehead atoms. The number of hydrogen-bond acceptors (Lipinski definition) is 4. The van der Waals surface area contributed by atoms with Crippen molar-refractivity contribution >= 4 is 21.7 Å². The average molecular weight is 229 g/mol. The molecule has 0 spiro atoms. The van der Waals surface area contributed by atoms with Gasteiger partial charge in [-0.15, -0.1) is 0 Å². The molecule has 0 aliphatic heterocycles. The predicted octanol–water partition coefficient (Wildman–Crippen LogP) is 0.983. The van der Waals surface area contributed by atoms with Crippen molar-refractivity contribution in [2.75, 3.05) is 11.0 Å². The Balaban J connectivity index is 2.88. The zero-order valence-electron chi connectivity index (χ0n) is 8.35. The Labute approximate surface area is 88.1 Å². The summed E-state index contributed by atoms with van der Waals surface area (Å²) in [6, 6.07) is 6.15. The average Bonchev–Trinajstić information content (AvgIpc) is 1.99. The molecule has 15 heavy (non-hydrogen) atoms. The first kappa shape index (κ1) is 11.5. The van der Waals surface area contributed by atoms with Gasteiger partial charge in [0, 0.05) is 13.0 Å². The van der Waals surface area contributed by atoms with Crippen LogP contribution in [0.25, 0.3) is 0 Å². The van der Waals surface area contributed by atoms with Crippen LogP contribution in [-0.2, 0) is 14.8 Å². The zero-order chi connectivity index (χ0) is 11.5. The van der Waals surface area contributed by atoms with Gasteiger partial charge in [-0.1, -0.05) is 6.07 Å². The number of esters is 1. The minimum Gasteiger partial charge on any atom is -0.427 e. The molecule has 0 saturated heterocycles. The smallest absolute Gasteiger partial charge is 0.308 e. The van der Waals surface area contributed by atoms with Gasteiger partial charge in [0.15, 0.2) is 0 Å². The highest BCUT2D eigenvalue weighted by atomic mass is 32.2. The van der Waals surface area contributed by atoms with Crippen LogP contribution in [0.3, 0.4) is 0 Å². The number of anilines is 1. The number of carbonyl (C=O) groups is 1. The fourth-order valence-electron chi connectivity index (χ4n) is 1.00. The lowest BCUT2D eigenvalue weighted by Crippen LogP contribution is -2.09. The largest absolute Gasteiger partial charge is 0.427 e. The van der Waals surface area contributed by atoms with Gasteiger partial charge < -0.3 is 4.74 Å². The van der Waals surface area contributed by atoms with E-state index in [1.54, 1.807) is 18.2 Å². The summed E-state index contributed by atoms with van der Waals surface area (Å²) in [5.74, 6) is -0.150. The van der Waals surface area contributed by atoms with Crippen molar-refractivity contribution in [2.24, 2.45) is 0 Å². The highest BCUT2D eigenvalue weighted by Gasteiger charge is 2.03. The summed E-state index contributed by atoms with van der Waals surface area (Å²) >= 11 is 0. The van der Waals surface area contributed by atoms with Crippen molar-refractivity contribution in [3.05, 3.63) is 24.3 Å². The topological polar surface area (TPSA) is 72.5 Å². The van der Waals surface area contributed by atoms with Crippen LogP contribution < -0.4 is 9.46 Å². The molecule has 0 heterocycles. The van der Waals surface area contributed by atoms with Crippen LogP contribution in [0, 0.1) is 0 Å². The molecule has 82 valence electrons. The van der Waals surface area contributed by atoms with E-state index in [-0.39, 0.29) is 0 Å². The van der Waals surface area contributed by atoms with E-state index in [1.165, 1.54) is 13.0 Å². The minimum absolute atomic E-state index is 0.302. The lowest BCUT2D eigenvalue weighted by molar-refractivity contribution is -0.131. The first-order valence-corrected chi connectivity index (χ1v) is 6.02. The Morgan fingerprint density at radius 1 is 1.40 bits per heavy atom. The number of sulfonamides is 1. The van der Waals surface area contributed by atoms with Gasteiger partial charge in [0.2, 0.25) is 10.0 Å². The lowest BCUT2D eigenvalue weighted by Gasteiger charge is -2.05. The number of ether oxygens (including phenoxy) is 1. The Bertz CT molecular complexity index is 467. The molecule has 0 radical (unpaired) electrons. The third-order valence-corrected chi connectivity index (χ3v) is 2.01. The number of hydrogen-bond donors (Lipinski definition) is 1. The molecule has 0 fully saturated rings. The maximum atomic E-state index is 10.9. The zero-order valence-corrected chi connectivity index (χ0v) is 9.17. The molecule has 0 aliphatic rings. The number of rotatable bonds is 3. The molecule has 1 aromatic rings. The number of nitrogens with one attached hydrogen (secondary N) is 1. The van der Waals surface area contributed by atoms with Crippen LogP contribution >= 0.6 is 0 Å². The van der Waals surface area contributed by atoms with E-state index in [4.69, 9.17) is 4.74 Å². The Morgan fingerprint density at radius 2 is 2.07 bits per heavy atom. The summed E-state index contributed by atoms with van der Waals surface area (Å²) in [6.45, 7) is 1.27. The highest BCUT2D eigenvalue weighted by Crippen LogP contribution is 2.18. The summed E-state index contributed by atoms with van der Waals surface area (Å²) in [5, 5.41) is 0. The van der Waals surface area contributed by atoms with Gasteiger partial charge in [-0.25, -0.2) is 8.42 Å². The second kappa shape index (κ2) is 4.31. The van der Waals surface area contributed by atoms with E-state index in [0.717, 1.165) is 6.26 Å². The molecule has 0 saturated carbocycles. The fraction of sp³-hybridized carbons (Fsp3) is 0.222. The molecule has 5 nitrogen and oxygen atoms in total. The van der Waals surface area contributed by atoms with E-state index < -0.39 is 16.0 Å². The summed E-state index contributed by atoms with van der Waals surface area (Å²) in [7, 11) is -3.31. The van der Waals surface area contributed by atoms with E-state index in [2.05, 4.69) is 4.72 Å². The molecule has 1 aromatic carbocycles. The minimum atomic E-state index is -3.31. The van der Waals surface area contributed by atoms with Crippen LogP contribution in [0.4, 0.5) is 5.69 Å². The van der Waals surface area contributed by atoms with Crippen LogP contribution in [0.1, 0.15) is 6.92 Å². The Morgan fingerprint density at radius 3 is 2.60 bits per heavy atom. The molecule has 1 rings (SSSR count). The summed E-state index contributed by atoms with van der Waals surface area (Å²) < 4.78 is 28.9. The van der Waals surface area contributed by atoms with Crippen LogP contribution in [0.15, 0.2) is 24.3 Å². The fourth-order valence-corrected chi connectivity index (χ4v) is 1.56. The van der Waals surface area contributed by atoms with Crippen molar-refractivity contribution in [1.82, 2.24) is 0 Å². The third kappa shape index (κ3) is 4.46. The first-order chi connectivity index (χ1) is 6.87. The van der Waals surface area contributed by atoms with E-state index in [1.807, 2.05) is 0 Å². The van der Waals surface area contributed by atoms with Crippen molar-refractivity contribution in [2.45, 2.75) is 6.92 Å². The van der Waals surface area contributed by atoms with Gasteiger partial charge in [0.05, 0.1) is 11.9 Å². The SMILES string of the molecule is CC(=O)Oc1cccc(NS(C)(=O)=O)c1. The maximum absolute atomic E-state index is 10.9. The van der Waals surface area contributed by atoms with Gasteiger partial charge in [0.1, 0.15) is 5.75 Å². The van der Waals surface area contributed by atoms with Gasteiger partial charge in [0.25, 0.3) is 0 Å². The second-order valence-electron chi connectivity index (χ2n) is 3.00. The van der Waals surface area contributed by atoms with Crippen molar-refractivity contribution < 1.29 is 17.9 Å². The van der Waals surface area contributed by atoms with Crippen LogP contribution in [0.2, 0.25) is 0 Å². The molecule has 6 heteroatoms. The molecular weight excluding hydrogens is 218 g/mol. The third-order valence-electron chi connectivity index (χ3n) is 1.40. The van der Waals surface area contributed by atoms with Crippen LogP contribution in [0.5, 0.6) is 5.75 Å². The van der Waals surface area contributed by atoms with Crippen LogP contribution in [-0.4, -0.2) is 20.6 Å². The quantitative estimate of drug-likeness (QED) is 0.619. The van der Waals surface area contributed by atoms with E-state index in [9.17, 15) is 13.2 Å². The molecule has 1 N–H and O–H groups in total. The molecule has 0 unspecified atom stereocenters. The Kier molecular flexibility index (Phi) is 3.31. The molecule has 0 aliphatic carbocycles. The highest BCUT2D eigenvalue weighted by molar-refractivity contribution is 7.92. The summed E-state index contributed by atoms with van der Waals surface area (Å²) in [5.41, 5.74) is 0.358. The van der Waals surface area contributed by atoms with Gasteiger partial charge in [-0.3, -0.25) is 9.52 Å². The van der Waals surface area contributed by atoms with Gasteiger partial charge in [-0.05, 0) is 12.1 Å². The molecular formula is C9H11NO4S. The predicted molar refractivity (Wildman–Crippen MR) is 56.2 cm³/mol. The van der Waals surface area contributed by atoms with Gasteiger partial charge in [-0.2, -0.15) is 0 Å². The monoisotopic (exact) mass is 229 g/mol. The molecule has 0 amide bonds. The van der Waals surface area contributed by atoms with Crippen molar-refractivity contribution in [3.8, 4) is 5.75 Å². The number of benzene rings is 1. The lowest BCUT2D eigenvalue weighted by atomic mass is 10.3. The second-order valence-corrected chi connectivity index (χ2v) is 4.74. The number of carbonyl (C=O) groups excluding carboxylic acids is 1. The van der Waals surface area contributed by atoms with E-state index in [0.29, 0.717) is 11.4 Å². The maximum Gasteiger partial charge on any atom is 0.308 e. The normalized spacial score (nSPS) is 10.8. The van der Waals surface area contributed by atoms with Gasteiger partial charge >= 0.3 is 5.97 Å². The summed E-state index contributed by atoms with van der Waals surface area (Å²) in [6.07, 6.45) is 1.05. The first-order valence-electron chi connectivity index (χ1n) is 4.13. The molecule has 0 aromatic heterocycles. The molecule has 0 atom stereocenters. The van der Waals surface area contributed by atoms with Crippen molar-refractivity contribution in [1.29, 1.82) is 0 Å². The summed E-state index contributed by atoms with van der Waals surface area (Å²) in [4.78, 5) is 10.6. The Hall–Kier alpha value is -1.56. The van der Waals surface area contributed by atoms with Crippen molar-refractivity contribution in [3.63, 3.8) is 0 Å². The van der Waals surface area contributed by atoms with E-state index >= 15 is 0 Å².